The van der Waals surface area contributed by atoms with Crippen molar-refractivity contribution in [2.24, 2.45) is 11.8 Å². The molecule has 0 bridgehead atoms. The molecule has 0 amide bonds. The molecule has 5 nitrogen and oxygen atoms in total. The summed E-state index contributed by atoms with van der Waals surface area (Å²) in [5.41, 5.74) is 1.78. The van der Waals surface area contributed by atoms with Gasteiger partial charge in [0.15, 0.2) is 0 Å². The lowest BCUT2D eigenvalue weighted by molar-refractivity contribution is 0.435. The molecule has 1 atom stereocenters. The zero-order valence-electron chi connectivity index (χ0n) is 15.5. The summed E-state index contributed by atoms with van der Waals surface area (Å²) in [6.07, 6.45) is 9.41. The quantitative estimate of drug-likeness (QED) is 0.596. The number of aryl methyl sites for hydroxylation is 1. The van der Waals surface area contributed by atoms with Crippen LogP contribution >= 0.6 is 0 Å². The third-order valence-electron chi connectivity index (χ3n) is 4.49. The predicted molar refractivity (Wildman–Crippen MR) is 99.9 cm³/mol. The van der Waals surface area contributed by atoms with Crippen LogP contribution in [0.2, 0.25) is 0 Å². The van der Waals surface area contributed by atoms with Crippen LogP contribution in [0.15, 0.2) is 18.3 Å². The molecule has 0 aromatic carbocycles. The fourth-order valence-electron chi connectivity index (χ4n) is 2.98. The number of nitrogens with one attached hydrogen (secondary N) is 1. The first-order chi connectivity index (χ1) is 11.7. The first kappa shape index (κ1) is 18.8. The van der Waals surface area contributed by atoms with Crippen LogP contribution in [0.4, 0.5) is 0 Å². The number of rotatable bonds is 12. The summed E-state index contributed by atoms with van der Waals surface area (Å²) in [5, 5.41) is 11.9. The fraction of sp³-hybridized carbons (Fsp3) is 0.737. The monoisotopic (exact) mass is 331 g/mol. The van der Waals surface area contributed by atoms with Crippen LogP contribution in [0.3, 0.4) is 0 Å². The van der Waals surface area contributed by atoms with Crippen molar-refractivity contribution < 1.29 is 0 Å². The predicted octanol–water partition coefficient (Wildman–Crippen LogP) is 4.05. The molecule has 24 heavy (non-hydrogen) atoms. The highest BCUT2D eigenvalue weighted by Crippen LogP contribution is 2.11. The zero-order chi connectivity index (χ0) is 17.2. The van der Waals surface area contributed by atoms with Gasteiger partial charge in [0, 0.05) is 12.7 Å². The van der Waals surface area contributed by atoms with Crippen molar-refractivity contribution in [2.45, 2.75) is 65.8 Å². The molecule has 134 valence electrons. The van der Waals surface area contributed by atoms with Crippen LogP contribution in [0.5, 0.6) is 0 Å². The van der Waals surface area contributed by atoms with E-state index in [4.69, 9.17) is 0 Å². The normalized spacial score (nSPS) is 13.0. The molecule has 2 aromatic rings. The molecule has 1 N–H and O–H groups in total. The van der Waals surface area contributed by atoms with Crippen molar-refractivity contribution >= 4 is 11.2 Å². The minimum absolute atomic E-state index is 0.740. The van der Waals surface area contributed by atoms with E-state index in [1.54, 1.807) is 6.20 Å². The molecule has 0 saturated heterocycles. The molecule has 0 aliphatic carbocycles. The van der Waals surface area contributed by atoms with Gasteiger partial charge in [-0.25, -0.2) is 9.67 Å². The van der Waals surface area contributed by atoms with Gasteiger partial charge in [0.05, 0.1) is 0 Å². The average Bonchev–Trinajstić information content (AvgIpc) is 2.98. The average molecular weight is 332 g/mol. The van der Waals surface area contributed by atoms with Crippen LogP contribution in [-0.4, -0.2) is 33.1 Å². The minimum Gasteiger partial charge on any atom is -0.316 e. The van der Waals surface area contributed by atoms with E-state index in [9.17, 15) is 0 Å². The highest BCUT2D eigenvalue weighted by molar-refractivity contribution is 5.68. The second kappa shape index (κ2) is 10.4. The Labute approximate surface area is 146 Å². The van der Waals surface area contributed by atoms with Gasteiger partial charge < -0.3 is 5.32 Å². The van der Waals surface area contributed by atoms with Crippen molar-refractivity contribution in [1.82, 2.24) is 25.3 Å². The van der Waals surface area contributed by atoms with Gasteiger partial charge in [0.1, 0.15) is 5.52 Å². The number of fused-ring (bicyclic) bond motifs is 1. The van der Waals surface area contributed by atoms with E-state index in [1.165, 1.54) is 32.1 Å². The van der Waals surface area contributed by atoms with Gasteiger partial charge in [-0.3, -0.25) is 0 Å². The van der Waals surface area contributed by atoms with E-state index < -0.39 is 0 Å². The van der Waals surface area contributed by atoms with Gasteiger partial charge in [0.2, 0.25) is 5.65 Å². The largest absolute Gasteiger partial charge is 0.316 e. The molecular weight excluding hydrogens is 298 g/mol. The van der Waals surface area contributed by atoms with Crippen LogP contribution < -0.4 is 5.32 Å². The Morgan fingerprint density at radius 1 is 1.08 bits per heavy atom. The lowest BCUT2D eigenvalue weighted by Gasteiger charge is -2.13. The number of hydrogen-bond donors (Lipinski definition) is 1. The summed E-state index contributed by atoms with van der Waals surface area (Å²) >= 11 is 0. The van der Waals surface area contributed by atoms with E-state index in [2.05, 4.69) is 41.4 Å². The van der Waals surface area contributed by atoms with E-state index in [-0.39, 0.29) is 0 Å². The van der Waals surface area contributed by atoms with Crippen LogP contribution in [-0.2, 0) is 6.54 Å². The smallest absolute Gasteiger partial charge is 0.201 e. The van der Waals surface area contributed by atoms with Crippen molar-refractivity contribution in [3.05, 3.63) is 18.3 Å². The molecule has 0 aliphatic heterocycles. The topological polar surface area (TPSA) is 55.6 Å². The van der Waals surface area contributed by atoms with Gasteiger partial charge in [0.25, 0.3) is 0 Å². The standard InChI is InChI=1S/C19H33N5/c1-16(2)9-4-6-12-20-15-17(3)10-5-7-14-24-18-11-8-13-21-19(18)22-23-24/h8,11,13,16-17,20H,4-7,9-10,12,14-15H2,1-3H3. The van der Waals surface area contributed by atoms with Gasteiger partial charge in [-0.15, -0.1) is 5.10 Å². The van der Waals surface area contributed by atoms with Crippen molar-refractivity contribution in [2.75, 3.05) is 13.1 Å². The summed E-state index contributed by atoms with van der Waals surface area (Å²) in [6.45, 7) is 10.2. The minimum atomic E-state index is 0.740. The lowest BCUT2D eigenvalue weighted by Crippen LogP contribution is -2.22. The summed E-state index contributed by atoms with van der Waals surface area (Å²) in [7, 11) is 0. The van der Waals surface area contributed by atoms with Crippen LogP contribution in [0, 0.1) is 11.8 Å². The third-order valence-corrected chi connectivity index (χ3v) is 4.49. The molecular formula is C19H33N5. The number of hydrogen-bond acceptors (Lipinski definition) is 4. The van der Waals surface area contributed by atoms with Crippen LogP contribution in [0.1, 0.15) is 59.3 Å². The van der Waals surface area contributed by atoms with E-state index in [0.29, 0.717) is 0 Å². The number of aromatic nitrogens is 4. The van der Waals surface area contributed by atoms with Crippen LogP contribution in [0.25, 0.3) is 11.2 Å². The Morgan fingerprint density at radius 3 is 2.75 bits per heavy atom. The SMILES string of the molecule is CC(C)CCCCNCC(C)CCCCn1nnc2ncccc21. The molecule has 2 aromatic heterocycles. The van der Waals surface area contributed by atoms with Crippen molar-refractivity contribution in [3.63, 3.8) is 0 Å². The molecule has 0 saturated carbocycles. The first-order valence-corrected chi connectivity index (χ1v) is 9.51. The van der Waals surface area contributed by atoms with E-state index in [1.807, 2.05) is 16.8 Å². The highest BCUT2D eigenvalue weighted by atomic mass is 15.4. The maximum atomic E-state index is 4.22. The Bertz CT molecular complexity index is 578. The second-order valence-electron chi connectivity index (χ2n) is 7.35. The zero-order valence-corrected chi connectivity index (χ0v) is 15.5. The molecule has 0 spiro atoms. The third kappa shape index (κ3) is 6.56. The maximum absolute atomic E-state index is 4.22. The van der Waals surface area contributed by atoms with Gasteiger partial charge in [-0.1, -0.05) is 45.2 Å². The highest BCUT2D eigenvalue weighted by Gasteiger charge is 2.05. The Morgan fingerprint density at radius 2 is 1.92 bits per heavy atom. The summed E-state index contributed by atoms with van der Waals surface area (Å²) < 4.78 is 1.97. The molecule has 0 aliphatic rings. The molecule has 2 rings (SSSR count). The lowest BCUT2D eigenvalue weighted by atomic mass is 10.0. The summed E-state index contributed by atoms with van der Waals surface area (Å²) in [4.78, 5) is 4.22. The van der Waals surface area contributed by atoms with Gasteiger partial charge >= 0.3 is 0 Å². The van der Waals surface area contributed by atoms with E-state index >= 15 is 0 Å². The molecule has 1 unspecified atom stereocenters. The number of nitrogens with zero attached hydrogens (tertiary/aromatic N) is 4. The summed E-state index contributed by atoms with van der Waals surface area (Å²) in [5.74, 6) is 1.58. The summed E-state index contributed by atoms with van der Waals surface area (Å²) in [6, 6.07) is 3.98. The fourth-order valence-corrected chi connectivity index (χ4v) is 2.98. The first-order valence-electron chi connectivity index (χ1n) is 9.51. The number of pyridine rings is 1. The molecule has 0 fully saturated rings. The molecule has 5 heteroatoms. The van der Waals surface area contributed by atoms with Gasteiger partial charge in [-0.2, -0.15) is 0 Å². The Balaban J connectivity index is 1.52. The molecule has 2 heterocycles. The second-order valence-corrected chi connectivity index (χ2v) is 7.35. The maximum Gasteiger partial charge on any atom is 0.201 e. The van der Waals surface area contributed by atoms with E-state index in [0.717, 1.165) is 49.1 Å². The van der Waals surface area contributed by atoms with Crippen molar-refractivity contribution in [3.8, 4) is 0 Å². The molecule has 0 radical (unpaired) electrons. The van der Waals surface area contributed by atoms with Crippen molar-refractivity contribution in [1.29, 1.82) is 0 Å². The Hall–Kier alpha value is -1.49. The number of unbranched alkanes of at least 4 members (excludes halogenated alkanes) is 2. The van der Waals surface area contributed by atoms with Gasteiger partial charge in [-0.05, 0) is 56.3 Å². The Kier molecular flexibility index (Phi) is 8.16.